The summed E-state index contributed by atoms with van der Waals surface area (Å²) in [5.41, 5.74) is 0.0245. The van der Waals surface area contributed by atoms with Crippen molar-refractivity contribution in [3.63, 3.8) is 0 Å². The minimum absolute atomic E-state index is 0.0245. The van der Waals surface area contributed by atoms with Crippen LogP contribution in [0.3, 0.4) is 0 Å². The number of carbonyl (C=O) groups is 2. The Morgan fingerprint density at radius 1 is 1.44 bits per heavy atom. The summed E-state index contributed by atoms with van der Waals surface area (Å²) in [5.74, 6) is -0.760. The van der Waals surface area contributed by atoms with E-state index in [9.17, 15) is 9.59 Å². The van der Waals surface area contributed by atoms with Crippen molar-refractivity contribution in [1.29, 1.82) is 0 Å². The molecular formula is C13H16N2O3. The van der Waals surface area contributed by atoms with Gasteiger partial charge in [-0.25, -0.2) is 9.78 Å². The molecule has 2 rings (SSSR count). The summed E-state index contributed by atoms with van der Waals surface area (Å²) in [6, 6.07) is 2.97. The van der Waals surface area contributed by atoms with E-state index in [1.807, 2.05) is 6.92 Å². The van der Waals surface area contributed by atoms with Crippen LogP contribution < -0.4 is 5.32 Å². The second-order valence-electron chi connectivity index (χ2n) is 4.71. The Hall–Kier alpha value is -1.91. The van der Waals surface area contributed by atoms with Crippen molar-refractivity contribution in [2.75, 3.05) is 5.32 Å². The number of carbonyl (C=O) groups excluding carboxylic acids is 1. The van der Waals surface area contributed by atoms with Crippen molar-refractivity contribution in [3.8, 4) is 0 Å². The number of hydrogen-bond donors (Lipinski definition) is 2. The Labute approximate surface area is 105 Å². The van der Waals surface area contributed by atoms with Gasteiger partial charge in [-0.15, -0.1) is 0 Å². The van der Waals surface area contributed by atoms with Gasteiger partial charge in [0.05, 0.1) is 0 Å². The highest BCUT2D eigenvalue weighted by atomic mass is 16.4. The van der Waals surface area contributed by atoms with E-state index in [4.69, 9.17) is 5.11 Å². The van der Waals surface area contributed by atoms with E-state index in [1.54, 1.807) is 0 Å². The number of rotatable bonds is 3. The fourth-order valence-corrected chi connectivity index (χ4v) is 2.42. The van der Waals surface area contributed by atoms with Gasteiger partial charge in [-0.3, -0.25) is 4.79 Å². The van der Waals surface area contributed by atoms with E-state index in [1.165, 1.54) is 18.3 Å². The van der Waals surface area contributed by atoms with Crippen LogP contribution in [0.25, 0.3) is 0 Å². The first-order valence-electron chi connectivity index (χ1n) is 6.08. The smallest absolute Gasteiger partial charge is 0.339 e. The van der Waals surface area contributed by atoms with Gasteiger partial charge in [0.25, 0.3) is 0 Å². The van der Waals surface area contributed by atoms with Crippen LogP contribution in [-0.2, 0) is 4.79 Å². The van der Waals surface area contributed by atoms with Gasteiger partial charge in [0, 0.05) is 12.1 Å². The molecule has 5 heteroatoms. The molecule has 1 aromatic rings. The van der Waals surface area contributed by atoms with Crippen LogP contribution in [0, 0.1) is 11.8 Å². The minimum Gasteiger partial charge on any atom is -0.478 e. The summed E-state index contributed by atoms with van der Waals surface area (Å²) in [7, 11) is 0. The zero-order valence-electron chi connectivity index (χ0n) is 10.2. The van der Waals surface area contributed by atoms with Gasteiger partial charge in [-0.05, 0) is 30.9 Å². The van der Waals surface area contributed by atoms with E-state index < -0.39 is 5.97 Å². The molecule has 1 amide bonds. The quantitative estimate of drug-likeness (QED) is 0.859. The van der Waals surface area contributed by atoms with Crippen molar-refractivity contribution in [2.24, 2.45) is 11.8 Å². The van der Waals surface area contributed by atoms with Crippen molar-refractivity contribution < 1.29 is 14.7 Å². The SMILES string of the molecule is CC1CCCC1C(=O)Nc1ncccc1C(=O)O. The second-order valence-corrected chi connectivity index (χ2v) is 4.71. The lowest BCUT2D eigenvalue weighted by molar-refractivity contribution is -0.120. The molecule has 1 fully saturated rings. The summed E-state index contributed by atoms with van der Waals surface area (Å²) in [6.07, 6.45) is 4.43. The number of hydrogen-bond acceptors (Lipinski definition) is 3. The Kier molecular flexibility index (Phi) is 3.60. The van der Waals surface area contributed by atoms with Gasteiger partial charge in [0.15, 0.2) is 0 Å². The number of nitrogens with zero attached hydrogens (tertiary/aromatic N) is 1. The van der Waals surface area contributed by atoms with Gasteiger partial charge in [-0.2, -0.15) is 0 Å². The highest BCUT2D eigenvalue weighted by Gasteiger charge is 2.30. The Balaban J connectivity index is 2.14. The van der Waals surface area contributed by atoms with Crippen molar-refractivity contribution in [2.45, 2.75) is 26.2 Å². The minimum atomic E-state index is -1.09. The molecular weight excluding hydrogens is 232 g/mol. The molecule has 0 bridgehead atoms. The molecule has 5 nitrogen and oxygen atoms in total. The fourth-order valence-electron chi connectivity index (χ4n) is 2.42. The van der Waals surface area contributed by atoms with Crippen molar-refractivity contribution in [1.82, 2.24) is 4.98 Å². The molecule has 2 unspecified atom stereocenters. The van der Waals surface area contributed by atoms with Crippen LogP contribution in [0.2, 0.25) is 0 Å². The van der Waals surface area contributed by atoms with Gasteiger partial charge in [-0.1, -0.05) is 13.3 Å². The third kappa shape index (κ3) is 2.50. The number of aromatic nitrogens is 1. The number of carboxylic acids is 1. The maximum Gasteiger partial charge on any atom is 0.339 e. The first-order chi connectivity index (χ1) is 8.59. The number of nitrogens with one attached hydrogen (secondary N) is 1. The lowest BCUT2D eigenvalue weighted by atomic mass is 9.97. The molecule has 18 heavy (non-hydrogen) atoms. The van der Waals surface area contributed by atoms with Gasteiger partial charge in [0.2, 0.25) is 5.91 Å². The van der Waals surface area contributed by atoms with Crippen LogP contribution >= 0.6 is 0 Å². The largest absolute Gasteiger partial charge is 0.478 e. The number of aromatic carboxylic acids is 1. The average molecular weight is 248 g/mol. The third-order valence-electron chi connectivity index (χ3n) is 3.48. The average Bonchev–Trinajstić information content (AvgIpc) is 2.76. The monoisotopic (exact) mass is 248 g/mol. The number of anilines is 1. The molecule has 1 saturated carbocycles. The predicted molar refractivity (Wildman–Crippen MR) is 66.3 cm³/mol. The van der Waals surface area contributed by atoms with E-state index in [0.29, 0.717) is 5.92 Å². The summed E-state index contributed by atoms with van der Waals surface area (Å²) in [5, 5.41) is 11.6. The Morgan fingerprint density at radius 3 is 2.83 bits per heavy atom. The molecule has 1 aliphatic rings. The van der Waals surface area contributed by atoms with Gasteiger partial charge < -0.3 is 10.4 Å². The lowest BCUT2D eigenvalue weighted by Gasteiger charge is -2.15. The Bertz CT molecular complexity index is 473. The molecule has 96 valence electrons. The fraction of sp³-hybridized carbons (Fsp3) is 0.462. The molecule has 1 aromatic heterocycles. The summed E-state index contributed by atoms with van der Waals surface area (Å²) < 4.78 is 0. The van der Waals surface area contributed by atoms with Crippen LogP contribution in [-0.4, -0.2) is 22.0 Å². The highest BCUT2D eigenvalue weighted by molar-refractivity contribution is 5.99. The standard InChI is InChI=1S/C13H16N2O3/c1-8-4-2-5-9(8)12(16)15-11-10(13(17)18)6-3-7-14-11/h3,6-9H,2,4-5H2,1H3,(H,17,18)(H,14,15,16). The predicted octanol–water partition coefficient (Wildman–Crippen LogP) is 2.15. The van der Waals surface area contributed by atoms with Crippen LogP contribution in [0.15, 0.2) is 18.3 Å². The van der Waals surface area contributed by atoms with Crippen LogP contribution in [0.5, 0.6) is 0 Å². The maximum absolute atomic E-state index is 12.1. The van der Waals surface area contributed by atoms with E-state index in [0.717, 1.165) is 19.3 Å². The molecule has 1 aliphatic carbocycles. The second kappa shape index (κ2) is 5.16. The first kappa shape index (κ1) is 12.5. The van der Waals surface area contributed by atoms with E-state index in [-0.39, 0.29) is 23.2 Å². The molecule has 0 saturated heterocycles. The summed E-state index contributed by atoms with van der Waals surface area (Å²) in [6.45, 7) is 2.05. The van der Waals surface area contributed by atoms with E-state index in [2.05, 4.69) is 10.3 Å². The zero-order valence-corrected chi connectivity index (χ0v) is 10.2. The van der Waals surface area contributed by atoms with Gasteiger partial charge >= 0.3 is 5.97 Å². The van der Waals surface area contributed by atoms with Crippen LogP contribution in [0.1, 0.15) is 36.5 Å². The molecule has 1 heterocycles. The van der Waals surface area contributed by atoms with Crippen molar-refractivity contribution >= 4 is 17.7 Å². The highest BCUT2D eigenvalue weighted by Crippen LogP contribution is 2.32. The lowest BCUT2D eigenvalue weighted by Crippen LogP contribution is -2.26. The molecule has 0 radical (unpaired) electrons. The molecule has 0 spiro atoms. The summed E-state index contributed by atoms with van der Waals surface area (Å²) in [4.78, 5) is 27.0. The van der Waals surface area contributed by atoms with Crippen LogP contribution in [0.4, 0.5) is 5.82 Å². The molecule has 0 aliphatic heterocycles. The van der Waals surface area contributed by atoms with Crippen molar-refractivity contribution in [3.05, 3.63) is 23.9 Å². The topological polar surface area (TPSA) is 79.3 Å². The first-order valence-corrected chi connectivity index (χ1v) is 6.08. The number of pyridine rings is 1. The Morgan fingerprint density at radius 2 is 2.22 bits per heavy atom. The molecule has 2 atom stereocenters. The third-order valence-corrected chi connectivity index (χ3v) is 3.48. The summed E-state index contributed by atoms with van der Waals surface area (Å²) >= 11 is 0. The van der Waals surface area contributed by atoms with Gasteiger partial charge in [0.1, 0.15) is 11.4 Å². The number of amides is 1. The maximum atomic E-state index is 12.1. The molecule has 2 N–H and O–H groups in total. The molecule has 0 aromatic carbocycles. The number of carboxylic acid groups (broad SMARTS) is 1. The normalized spacial score (nSPS) is 22.7. The van der Waals surface area contributed by atoms with E-state index >= 15 is 0 Å². The zero-order chi connectivity index (χ0) is 13.1.